The maximum atomic E-state index is 13.2. The van der Waals surface area contributed by atoms with E-state index in [4.69, 9.17) is 72.3 Å². The normalized spacial score (nSPS) is 19.6. The zero-order chi connectivity index (χ0) is 81.7. The third kappa shape index (κ3) is 31.3. The number of para-hydroxylation sites is 1. The van der Waals surface area contributed by atoms with Crippen LogP contribution in [0, 0.1) is 23.7 Å². The van der Waals surface area contributed by atoms with Crippen LogP contribution in [0.3, 0.4) is 0 Å². The number of phosphoric acid groups is 3. The summed E-state index contributed by atoms with van der Waals surface area (Å²) in [7, 11) is -17.3. The number of nitrogens with one attached hydrogen (secondary N) is 3. The molecule has 616 valence electrons. The molecular weight excluding hydrogens is 1620 g/mol. The van der Waals surface area contributed by atoms with Crippen molar-refractivity contribution in [2.45, 2.75) is 152 Å². The van der Waals surface area contributed by atoms with Crippen LogP contribution >= 0.6 is 45.1 Å². The van der Waals surface area contributed by atoms with Crippen LogP contribution in [-0.2, 0) is 118 Å². The number of carbonyl (C=O) groups is 3. The molecule has 2 amide bonds. The van der Waals surface area contributed by atoms with Crippen LogP contribution in [0.4, 0.5) is 22.1 Å². The van der Waals surface area contributed by atoms with Crippen LogP contribution < -0.4 is 26.8 Å². The Kier molecular flexibility index (Phi) is 38.4. The number of hydrogen-bond acceptors (Lipinski definition) is 26. The van der Waals surface area contributed by atoms with Crippen molar-refractivity contribution in [1.29, 1.82) is 0 Å². The number of aromatic amines is 1. The first kappa shape index (κ1) is 94.4. The average Bonchev–Trinajstić information content (AvgIpc) is 1.60. The number of nitrogens with zero attached hydrogens (tertiary/aromatic N) is 3. The van der Waals surface area contributed by atoms with Gasteiger partial charge in [-0.15, -0.1) is 12.6 Å². The zero-order valence-electron chi connectivity index (χ0n) is 63.1. The number of anilines is 2. The molecule has 0 saturated heterocycles. The fourth-order valence-corrected chi connectivity index (χ4v) is 19.2. The van der Waals surface area contributed by atoms with E-state index >= 15 is 0 Å². The van der Waals surface area contributed by atoms with Crippen LogP contribution in [0.5, 0.6) is 0 Å². The molecule has 111 heavy (non-hydrogen) atoms. The Morgan fingerprint density at radius 1 is 0.847 bits per heavy atom. The molecule has 1 saturated carbocycles. The first-order valence-electron chi connectivity index (χ1n) is 35.6. The summed E-state index contributed by atoms with van der Waals surface area (Å²) in [5, 5.41) is 5.61. The number of hydrogen-bond donors (Lipinski definition) is 9. The number of nitrogens with two attached hydrogens (primary N) is 1. The van der Waals surface area contributed by atoms with Gasteiger partial charge in [-0.25, -0.2) is 27.7 Å². The van der Waals surface area contributed by atoms with Crippen molar-refractivity contribution >= 4 is 134 Å². The fourth-order valence-electron chi connectivity index (χ4n) is 12.9. The molecule has 8 atom stereocenters. The second kappa shape index (κ2) is 45.2. The summed E-state index contributed by atoms with van der Waals surface area (Å²) in [5.74, 6) is 4.32. The van der Waals surface area contributed by atoms with E-state index < -0.39 is 102 Å². The summed E-state index contributed by atoms with van der Waals surface area (Å²) in [5.41, 5.74) is 12.6. The largest absolute Gasteiger partial charge is 0.490 e. The van der Waals surface area contributed by atoms with E-state index in [9.17, 15) is 51.4 Å². The Bertz CT molecular complexity index is 4330. The molecule has 2 aliphatic heterocycles. The van der Waals surface area contributed by atoms with Gasteiger partial charge in [-0.05, 0) is 133 Å². The second-order valence-electron chi connectivity index (χ2n) is 27.5. The molecule has 2 aliphatic carbocycles. The number of esters is 1. The fraction of sp³-hybridized carbons (Fsp3) is 0.571. The lowest BCUT2D eigenvalue weighted by molar-refractivity contribution is -0.438. The molecule has 0 spiro atoms. The number of benzene rings is 2. The number of likely N-dealkylation sites (N-methyl/N-ethyl adjacent to an activating group) is 1. The summed E-state index contributed by atoms with van der Waals surface area (Å²) in [4.78, 5) is 98.0. The number of ether oxygens (including phenoxy) is 6. The topological polar surface area (TPSA) is 457 Å². The van der Waals surface area contributed by atoms with Crippen molar-refractivity contribution in [3.05, 3.63) is 117 Å². The van der Waals surface area contributed by atoms with Crippen molar-refractivity contribution in [1.82, 2.24) is 20.6 Å². The van der Waals surface area contributed by atoms with Crippen molar-refractivity contribution in [2.75, 3.05) is 108 Å². The van der Waals surface area contributed by atoms with Crippen molar-refractivity contribution in [3.8, 4) is 11.8 Å². The van der Waals surface area contributed by atoms with Crippen molar-refractivity contribution < 1.29 is 115 Å². The zero-order valence-corrected chi connectivity index (χ0v) is 70.7. The minimum atomic E-state index is -5.75. The van der Waals surface area contributed by atoms with Crippen molar-refractivity contribution in [3.63, 3.8) is 0 Å². The molecule has 7 rings (SSSR count). The summed E-state index contributed by atoms with van der Waals surface area (Å²) < 4.78 is 132. The molecule has 3 aromatic rings. The number of allylic oxidation sites excluding steroid dienone is 8. The second-order valence-corrected chi connectivity index (χ2v) is 39.3. The van der Waals surface area contributed by atoms with Crippen LogP contribution in [0.25, 0.3) is 5.57 Å². The van der Waals surface area contributed by atoms with E-state index in [1.165, 1.54) is 27.7 Å². The minimum Gasteiger partial charge on any atom is -0.466 e. The van der Waals surface area contributed by atoms with Gasteiger partial charge in [0.05, 0.1) is 86.3 Å². The SMILES string of the molecule is CCN1\C(=C/C=C/C=C/C2=[N+](CCCCCC(=O)NCCOCCOCCNC(=O)OCCC(C)(C)SSCOCCCCOC(=O)CCC#CC3=CC([C@H]4CC(OCS(C)=S)[C@@H](COP(=O)(O)OP(=O)(O)OP(=O)(O)O)C4)c4nc(N)[nH]c(=O)c43)c3ccc(S(=O)O)cc3C2(C)C)C(C)(C)c2ccccc21.O=S(=O)=O. The molecule has 32 nitrogen and oxygen atoms in total. The Labute approximate surface area is 665 Å². The minimum absolute atomic E-state index is 0.0133. The number of phosphoric ester groups is 1. The van der Waals surface area contributed by atoms with Gasteiger partial charge in [-0.1, -0.05) is 99.2 Å². The third-order valence-electron chi connectivity index (χ3n) is 18.0. The molecule has 41 heteroatoms. The molecule has 4 aliphatic rings. The molecular formula is C70H101N7O25P3S6+. The number of nitrogen functional groups attached to an aromatic ring is 1. The summed E-state index contributed by atoms with van der Waals surface area (Å²) in [6.07, 6.45) is 18.2. The molecule has 0 radical (unpaired) electrons. The highest BCUT2D eigenvalue weighted by atomic mass is 33.1. The molecule has 1 fully saturated rings. The average molecular weight is 1730 g/mol. The van der Waals surface area contributed by atoms with Gasteiger partial charge in [0.25, 0.3) is 5.56 Å². The quantitative estimate of drug-likeness (QED) is 0.00292. The number of H-pyrrole nitrogens is 1. The lowest BCUT2D eigenvalue weighted by atomic mass is 9.81. The van der Waals surface area contributed by atoms with E-state index in [0.29, 0.717) is 87.2 Å². The Hall–Kier alpha value is -5.43. The Balaban J connectivity index is 0.00000469. The van der Waals surface area contributed by atoms with Gasteiger partial charge < -0.3 is 73.8 Å². The van der Waals surface area contributed by atoms with Gasteiger partial charge in [0, 0.05) is 102 Å². The number of rotatable bonds is 45. The maximum Gasteiger partial charge on any atom is 0.490 e. The van der Waals surface area contributed by atoms with E-state index in [0.717, 1.165) is 49.3 Å². The first-order chi connectivity index (χ1) is 52.3. The predicted octanol–water partition coefficient (Wildman–Crippen LogP) is 9.79. The van der Waals surface area contributed by atoms with Gasteiger partial charge >= 0.3 is 46.1 Å². The number of carbonyl (C=O) groups excluding carboxylic acids is 3. The van der Waals surface area contributed by atoms with Gasteiger partial charge in [0.1, 0.15) is 12.5 Å². The number of unbranched alkanes of at least 4 members (excludes halogenated alkanes) is 3. The van der Waals surface area contributed by atoms with Gasteiger partial charge in [-0.2, -0.15) is 13.2 Å². The number of amides is 2. The van der Waals surface area contributed by atoms with E-state index in [-0.39, 0.29) is 85.1 Å². The Morgan fingerprint density at radius 3 is 2.24 bits per heavy atom. The smallest absolute Gasteiger partial charge is 0.466 e. The van der Waals surface area contributed by atoms with Gasteiger partial charge in [0.15, 0.2) is 16.8 Å². The maximum absolute atomic E-state index is 13.2. The lowest BCUT2D eigenvalue weighted by Gasteiger charge is -2.25. The summed E-state index contributed by atoms with van der Waals surface area (Å²) in [6.45, 7) is 18.8. The molecule has 0 bridgehead atoms. The molecule has 3 heterocycles. The predicted molar refractivity (Wildman–Crippen MR) is 428 cm³/mol. The standard InChI is InChI=1S/C70H100N7O22P3S5.O3S/c1-9-76-56-24-17-16-23-54(56)69(4,5)59(76)25-12-10-13-26-60-70(6,7)55-45-52(107(89)90)29-30-57(55)77(60)34-19-11-14-27-61(78)72-32-38-91-40-41-92-39-33-73-67(81)95-37-31-68(2,3)105-104-47-93-35-20-21-36-94-62(79)28-18-15-22-49-43-53(64-63(49)65(80)75-66(71)74-64)50-42-51(58(44-50)96-48-106(8)103)46-97-101(85,86)99-102(87,88)98-100(82,83)84;1-4(2)3/h10,12-13,16-17,23-26,29-30,43,45,50-51,53,58H,9,11,14,18-21,27-28,31-42,44,46-48H2,1-8H3,(H9-,71,72,73,74,75,78,80,81,82,83,84,85,86,87,88,89,90);/p+1/t50-,51-,53?,58?,106?;/m1./s1. The van der Waals surface area contributed by atoms with Crippen LogP contribution in [0.1, 0.15) is 147 Å². The highest BCUT2D eigenvalue weighted by Gasteiger charge is 2.47. The van der Waals surface area contributed by atoms with Crippen LogP contribution in [-0.4, -0.2) is 187 Å². The monoisotopic (exact) mass is 1720 g/mol. The summed E-state index contributed by atoms with van der Waals surface area (Å²) in [6, 6.07) is 14.1. The number of alkyl carbamates (subject to hydrolysis) is 1. The van der Waals surface area contributed by atoms with Crippen molar-refractivity contribution in [2.24, 2.45) is 11.8 Å². The molecule has 6 unspecified atom stereocenters. The highest BCUT2D eigenvalue weighted by Crippen LogP contribution is 2.66. The molecule has 10 N–H and O–H groups in total. The number of aromatic nitrogens is 2. The number of fused-ring (bicyclic) bond motifs is 3. The molecule has 1 aromatic heterocycles. The van der Waals surface area contributed by atoms with E-state index in [1.807, 2.05) is 26.0 Å². The van der Waals surface area contributed by atoms with Crippen LogP contribution in [0.15, 0.2) is 94.3 Å². The van der Waals surface area contributed by atoms with E-state index in [2.05, 4.69) is 140 Å². The van der Waals surface area contributed by atoms with Crippen LogP contribution in [0.2, 0.25) is 0 Å². The Morgan fingerprint density at radius 2 is 1.55 bits per heavy atom. The van der Waals surface area contributed by atoms with Gasteiger partial charge in [0.2, 0.25) is 17.5 Å². The van der Waals surface area contributed by atoms with E-state index in [1.54, 1.807) is 29.2 Å². The summed E-state index contributed by atoms with van der Waals surface area (Å²) >= 11 is 3.18. The first-order valence-corrected chi connectivity index (χ1v) is 47.3. The third-order valence-corrected chi connectivity index (χ3v) is 26.3. The molecule has 2 aromatic carbocycles. The highest BCUT2D eigenvalue weighted by molar-refractivity contribution is 8.77. The lowest BCUT2D eigenvalue weighted by Crippen LogP contribution is -2.30. The van der Waals surface area contributed by atoms with Gasteiger partial charge in [-0.3, -0.25) is 23.9 Å².